The Kier molecular flexibility index (Phi) is 4.70. The lowest BCUT2D eigenvalue weighted by molar-refractivity contribution is -0.136. The molecule has 8 heteroatoms. The Morgan fingerprint density at radius 1 is 1.09 bits per heavy atom. The molecule has 1 fully saturated rings. The van der Waals surface area contributed by atoms with E-state index in [4.69, 9.17) is 9.73 Å². The number of hydrogen-bond acceptors (Lipinski definition) is 6. The summed E-state index contributed by atoms with van der Waals surface area (Å²) in [5, 5.41) is 0. The Morgan fingerprint density at radius 2 is 1.81 bits per heavy atom. The Morgan fingerprint density at radius 3 is 2.47 bits per heavy atom. The summed E-state index contributed by atoms with van der Waals surface area (Å²) >= 11 is 0. The monoisotopic (exact) mass is 429 g/mol. The van der Waals surface area contributed by atoms with Crippen molar-refractivity contribution in [1.29, 1.82) is 0 Å². The molecule has 0 aromatic heterocycles. The number of aliphatic imine (C=N–C) groups is 1. The fourth-order valence-electron chi connectivity index (χ4n) is 4.33. The number of amides is 3. The van der Waals surface area contributed by atoms with Crippen LogP contribution in [0.4, 0.5) is 10.5 Å². The summed E-state index contributed by atoms with van der Waals surface area (Å²) in [6, 6.07) is 16.6. The number of hydrogen-bond donors (Lipinski definition) is 0. The first kappa shape index (κ1) is 19.9. The van der Waals surface area contributed by atoms with Crippen LogP contribution in [0.5, 0.6) is 5.75 Å². The number of nitrogens with zero attached hydrogens (tertiary/aromatic N) is 5. The van der Waals surface area contributed by atoms with Gasteiger partial charge in [-0.15, -0.1) is 6.58 Å². The predicted molar refractivity (Wildman–Crippen MR) is 122 cm³/mol. The van der Waals surface area contributed by atoms with Gasteiger partial charge in [0.15, 0.2) is 12.2 Å². The largest absolute Gasteiger partial charge is 0.497 e. The van der Waals surface area contributed by atoms with Gasteiger partial charge in [-0.25, -0.2) is 9.79 Å². The molecule has 32 heavy (non-hydrogen) atoms. The van der Waals surface area contributed by atoms with Crippen molar-refractivity contribution in [2.45, 2.75) is 12.2 Å². The number of ether oxygens (including phenoxy) is 1. The van der Waals surface area contributed by atoms with Crippen LogP contribution >= 0.6 is 0 Å². The summed E-state index contributed by atoms with van der Waals surface area (Å²) in [5.41, 5.74) is 2.77. The van der Waals surface area contributed by atoms with Crippen molar-refractivity contribution in [3.05, 3.63) is 79.0 Å². The van der Waals surface area contributed by atoms with Gasteiger partial charge in [-0.05, 0) is 24.3 Å². The van der Waals surface area contributed by atoms with Crippen LogP contribution in [0, 0.1) is 0 Å². The molecule has 3 amide bonds. The highest BCUT2D eigenvalue weighted by atomic mass is 16.5. The number of methoxy groups -OCH3 is 1. The van der Waals surface area contributed by atoms with Crippen LogP contribution in [0.3, 0.4) is 0 Å². The molecule has 0 bridgehead atoms. The van der Waals surface area contributed by atoms with Gasteiger partial charge in [0, 0.05) is 31.0 Å². The van der Waals surface area contributed by atoms with Crippen LogP contribution in [0.25, 0.3) is 5.70 Å². The van der Waals surface area contributed by atoms with E-state index in [-0.39, 0.29) is 18.5 Å². The van der Waals surface area contributed by atoms with E-state index < -0.39 is 12.2 Å². The third kappa shape index (κ3) is 2.87. The van der Waals surface area contributed by atoms with Gasteiger partial charge in [0.2, 0.25) is 5.96 Å². The second-order valence-electron chi connectivity index (χ2n) is 7.74. The molecule has 3 aliphatic heterocycles. The standard InChI is InChI=1S/C24H23N5O3/c1-4-14-27-22(30)20-21(26(2)24(27)31)25-23-28(20)15-19(16-8-6-5-7-9-16)29(23)17-10-12-18(32-3)13-11-17/h4-13,15,20-21H,1,14H2,2-3H3. The number of fused-ring (bicyclic) bond motifs is 3. The zero-order valence-corrected chi connectivity index (χ0v) is 17.9. The number of benzene rings is 2. The molecule has 1 saturated heterocycles. The zero-order valence-electron chi connectivity index (χ0n) is 17.9. The third-order valence-corrected chi connectivity index (χ3v) is 5.92. The second kappa shape index (κ2) is 7.56. The molecule has 2 atom stereocenters. The third-order valence-electron chi connectivity index (χ3n) is 5.92. The van der Waals surface area contributed by atoms with Crippen molar-refractivity contribution in [2.75, 3.05) is 25.6 Å². The Bertz CT molecular complexity index is 1140. The van der Waals surface area contributed by atoms with Gasteiger partial charge in [0.25, 0.3) is 5.91 Å². The van der Waals surface area contributed by atoms with E-state index in [0.29, 0.717) is 5.96 Å². The van der Waals surface area contributed by atoms with Crippen molar-refractivity contribution in [3.8, 4) is 5.75 Å². The van der Waals surface area contributed by atoms with Gasteiger partial charge in [0.05, 0.1) is 12.8 Å². The number of carbonyl (C=O) groups is 2. The first-order chi connectivity index (χ1) is 15.5. The first-order valence-electron chi connectivity index (χ1n) is 10.3. The molecule has 5 rings (SSSR count). The minimum Gasteiger partial charge on any atom is -0.497 e. The van der Waals surface area contributed by atoms with Gasteiger partial charge in [-0.3, -0.25) is 19.5 Å². The van der Waals surface area contributed by atoms with Crippen LogP contribution in [0.2, 0.25) is 0 Å². The summed E-state index contributed by atoms with van der Waals surface area (Å²) in [5.74, 6) is 1.08. The number of rotatable bonds is 5. The van der Waals surface area contributed by atoms with E-state index >= 15 is 0 Å². The Hall–Kier alpha value is -4.07. The number of guanidine groups is 1. The van der Waals surface area contributed by atoms with Crippen molar-refractivity contribution < 1.29 is 14.3 Å². The maximum absolute atomic E-state index is 13.3. The Labute approximate surface area is 186 Å². The first-order valence-corrected chi connectivity index (χ1v) is 10.3. The normalized spacial score (nSPS) is 21.9. The second-order valence-corrected chi connectivity index (χ2v) is 7.74. The van der Waals surface area contributed by atoms with Crippen LogP contribution in [0.15, 0.2) is 78.4 Å². The number of urea groups is 1. The highest BCUT2D eigenvalue weighted by Crippen LogP contribution is 2.40. The Balaban J connectivity index is 1.61. The molecule has 3 aliphatic rings. The van der Waals surface area contributed by atoms with Crippen molar-refractivity contribution >= 4 is 29.3 Å². The number of imide groups is 1. The van der Waals surface area contributed by atoms with Crippen molar-refractivity contribution in [1.82, 2.24) is 14.7 Å². The lowest BCUT2D eigenvalue weighted by atomic mass is 10.1. The fourth-order valence-corrected chi connectivity index (χ4v) is 4.33. The molecule has 2 aromatic rings. The summed E-state index contributed by atoms with van der Waals surface area (Å²) in [7, 11) is 3.30. The summed E-state index contributed by atoms with van der Waals surface area (Å²) in [6.45, 7) is 3.84. The molecule has 8 nitrogen and oxygen atoms in total. The predicted octanol–water partition coefficient (Wildman–Crippen LogP) is 2.96. The average Bonchev–Trinajstić information content (AvgIpc) is 3.37. The summed E-state index contributed by atoms with van der Waals surface area (Å²) in [6.07, 6.45) is 2.90. The molecule has 0 radical (unpaired) electrons. The van der Waals surface area contributed by atoms with Gasteiger partial charge < -0.3 is 9.64 Å². The number of anilines is 1. The fraction of sp³-hybridized carbons (Fsp3) is 0.208. The molecule has 0 aliphatic carbocycles. The highest BCUT2D eigenvalue weighted by molar-refractivity contribution is 6.16. The lowest BCUT2D eigenvalue weighted by Crippen LogP contribution is -2.64. The number of carbonyl (C=O) groups excluding carboxylic acids is 2. The van der Waals surface area contributed by atoms with E-state index in [0.717, 1.165) is 22.7 Å². The van der Waals surface area contributed by atoms with E-state index in [1.54, 1.807) is 20.2 Å². The van der Waals surface area contributed by atoms with Crippen LogP contribution in [-0.4, -0.2) is 65.5 Å². The van der Waals surface area contributed by atoms with Crippen LogP contribution < -0.4 is 9.64 Å². The molecule has 0 N–H and O–H groups in total. The minimum absolute atomic E-state index is 0.159. The van der Waals surface area contributed by atoms with E-state index in [9.17, 15) is 9.59 Å². The SMILES string of the molecule is C=CCN1C(=O)C2C(N=C3N(c4ccc(OC)cc4)C(c4ccccc4)=CN32)N(C)C1=O. The topological polar surface area (TPSA) is 68.7 Å². The van der Waals surface area contributed by atoms with Gasteiger partial charge >= 0.3 is 6.03 Å². The smallest absolute Gasteiger partial charge is 0.328 e. The van der Waals surface area contributed by atoms with Crippen molar-refractivity contribution in [2.24, 2.45) is 4.99 Å². The highest BCUT2D eigenvalue weighted by Gasteiger charge is 2.54. The molecule has 3 heterocycles. The zero-order chi connectivity index (χ0) is 22.4. The van der Waals surface area contributed by atoms with E-state index in [1.807, 2.05) is 70.6 Å². The molecule has 2 aromatic carbocycles. The molecule has 0 saturated carbocycles. The molecule has 162 valence electrons. The average molecular weight is 429 g/mol. The lowest BCUT2D eigenvalue weighted by Gasteiger charge is -2.39. The maximum atomic E-state index is 13.3. The molecular formula is C24H23N5O3. The van der Waals surface area contributed by atoms with E-state index in [2.05, 4.69) is 6.58 Å². The van der Waals surface area contributed by atoms with Crippen LogP contribution in [-0.2, 0) is 4.79 Å². The van der Waals surface area contributed by atoms with E-state index in [1.165, 1.54) is 9.80 Å². The maximum Gasteiger partial charge on any atom is 0.328 e. The summed E-state index contributed by atoms with van der Waals surface area (Å²) < 4.78 is 5.31. The molecular weight excluding hydrogens is 406 g/mol. The van der Waals surface area contributed by atoms with Crippen molar-refractivity contribution in [3.63, 3.8) is 0 Å². The number of likely N-dealkylation sites (N-methyl/N-ethyl adjacent to an activating group) is 1. The van der Waals surface area contributed by atoms with Gasteiger partial charge in [0.1, 0.15) is 5.75 Å². The molecule has 0 spiro atoms. The summed E-state index contributed by atoms with van der Waals surface area (Å²) in [4.78, 5) is 37.5. The molecule has 2 unspecified atom stereocenters. The van der Waals surface area contributed by atoms with Crippen LogP contribution in [0.1, 0.15) is 5.56 Å². The quantitative estimate of drug-likeness (QED) is 0.684. The minimum atomic E-state index is -0.630. The van der Waals surface area contributed by atoms with Gasteiger partial charge in [-0.1, -0.05) is 36.4 Å². The van der Waals surface area contributed by atoms with Gasteiger partial charge in [-0.2, -0.15) is 0 Å².